The van der Waals surface area contributed by atoms with Crippen LogP contribution in [-0.2, 0) is 25.5 Å². The number of aryl methyl sites for hydroxylation is 1. The zero-order chi connectivity index (χ0) is 21.5. The average Bonchev–Trinajstić information content (AvgIpc) is 2.77. The molecule has 1 aromatic rings. The fourth-order valence-corrected chi connectivity index (χ4v) is 5.51. The van der Waals surface area contributed by atoms with Gasteiger partial charge in [0, 0.05) is 25.5 Å². The maximum atomic E-state index is 13.3. The van der Waals surface area contributed by atoms with Crippen molar-refractivity contribution in [3.63, 3.8) is 0 Å². The Morgan fingerprint density at radius 3 is 2.60 bits per heavy atom. The minimum Gasteiger partial charge on any atom is -0.354 e. The summed E-state index contributed by atoms with van der Waals surface area (Å²) < 4.78 is 10.2. The number of benzene rings is 1. The Labute approximate surface area is 183 Å². The van der Waals surface area contributed by atoms with E-state index in [4.69, 9.17) is 9.47 Å². The van der Waals surface area contributed by atoms with E-state index in [1.54, 1.807) is 16.7 Å². The second kappa shape index (κ2) is 11.0. The zero-order valence-corrected chi connectivity index (χ0v) is 18.9. The molecule has 6 nitrogen and oxygen atoms in total. The first-order valence-corrected chi connectivity index (χ1v) is 11.5. The highest BCUT2D eigenvalue weighted by atomic mass is 32.2. The number of methoxy groups -OCH3 is 2. The van der Waals surface area contributed by atoms with Gasteiger partial charge in [-0.15, -0.1) is 11.8 Å². The highest BCUT2D eigenvalue weighted by Gasteiger charge is 2.41. The van der Waals surface area contributed by atoms with Crippen molar-refractivity contribution in [3.8, 4) is 0 Å². The van der Waals surface area contributed by atoms with E-state index < -0.39 is 6.29 Å². The Kier molecular flexibility index (Phi) is 8.36. The van der Waals surface area contributed by atoms with Gasteiger partial charge in [-0.25, -0.2) is 0 Å². The molecule has 2 fully saturated rings. The van der Waals surface area contributed by atoms with E-state index in [2.05, 4.69) is 36.5 Å². The van der Waals surface area contributed by atoms with E-state index >= 15 is 0 Å². The van der Waals surface area contributed by atoms with Gasteiger partial charge in [0.1, 0.15) is 6.54 Å². The maximum Gasteiger partial charge on any atom is 0.261 e. The number of nitrogens with zero attached hydrogens (tertiary/aromatic N) is 1. The van der Waals surface area contributed by atoms with Gasteiger partial charge in [-0.1, -0.05) is 44.0 Å². The van der Waals surface area contributed by atoms with Crippen LogP contribution in [0.25, 0.3) is 6.08 Å². The van der Waals surface area contributed by atoms with Gasteiger partial charge in [-0.2, -0.15) is 0 Å². The van der Waals surface area contributed by atoms with Crippen molar-refractivity contribution in [1.29, 1.82) is 0 Å². The fourth-order valence-electron chi connectivity index (χ4n) is 4.03. The van der Waals surface area contributed by atoms with E-state index in [1.807, 2.05) is 6.08 Å². The van der Waals surface area contributed by atoms with Gasteiger partial charge in [0.15, 0.2) is 6.29 Å². The van der Waals surface area contributed by atoms with E-state index in [0.29, 0.717) is 5.25 Å². The zero-order valence-electron chi connectivity index (χ0n) is 18.1. The van der Waals surface area contributed by atoms with Gasteiger partial charge in [-0.05, 0) is 36.5 Å². The van der Waals surface area contributed by atoms with Crippen LogP contribution < -0.4 is 5.32 Å². The van der Waals surface area contributed by atoms with Gasteiger partial charge in [0.05, 0.1) is 11.4 Å². The molecule has 3 rings (SSSR count). The number of carbonyl (C=O) groups excluding carboxylic acids is 2. The summed E-state index contributed by atoms with van der Waals surface area (Å²) in [6.07, 6.45) is 6.75. The second-order valence-corrected chi connectivity index (χ2v) is 9.03. The minimum atomic E-state index is -0.495. The van der Waals surface area contributed by atoms with Crippen molar-refractivity contribution >= 4 is 29.7 Å². The predicted molar refractivity (Wildman–Crippen MR) is 120 cm³/mol. The van der Waals surface area contributed by atoms with Crippen molar-refractivity contribution in [3.05, 3.63) is 40.3 Å². The van der Waals surface area contributed by atoms with Crippen LogP contribution in [0, 0.1) is 0 Å². The second-order valence-electron chi connectivity index (χ2n) is 7.75. The van der Waals surface area contributed by atoms with E-state index in [0.717, 1.165) is 36.2 Å². The van der Waals surface area contributed by atoms with Crippen LogP contribution in [0.2, 0.25) is 0 Å². The third-order valence-electron chi connectivity index (χ3n) is 5.81. The van der Waals surface area contributed by atoms with Crippen LogP contribution >= 0.6 is 11.8 Å². The maximum absolute atomic E-state index is 13.3. The minimum absolute atomic E-state index is 0.0482. The Balaban J connectivity index is 1.74. The fraction of sp³-hybridized carbons (Fsp3) is 0.565. The lowest BCUT2D eigenvalue weighted by atomic mass is 9.93. The summed E-state index contributed by atoms with van der Waals surface area (Å²) in [5, 5.41) is 3.16. The lowest BCUT2D eigenvalue weighted by Gasteiger charge is -2.43. The first kappa shape index (κ1) is 22.8. The summed E-state index contributed by atoms with van der Waals surface area (Å²) >= 11 is 1.68. The summed E-state index contributed by atoms with van der Waals surface area (Å²) in [4.78, 5) is 28.4. The quantitative estimate of drug-likeness (QED) is 0.505. The molecule has 2 atom stereocenters. The molecule has 1 heterocycles. The summed E-state index contributed by atoms with van der Waals surface area (Å²) in [7, 11) is 3.06. The predicted octanol–water partition coefficient (Wildman–Crippen LogP) is 3.21. The molecule has 2 amide bonds. The highest BCUT2D eigenvalue weighted by molar-refractivity contribution is 8.04. The SMILES string of the molecule is CCc1ccc(/C=C2/SC3CCCCC3N(CC(=O)NCC(OC)OC)C2=O)cc1. The summed E-state index contributed by atoms with van der Waals surface area (Å²) in [6.45, 7) is 2.44. The summed E-state index contributed by atoms with van der Waals surface area (Å²) in [5.74, 6) is -0.238. The van der Waals surface area contributed by atoms with Crippen LogP contribution in [0.4, 0.5) is 0 Å². The third-order valence-corrected chi connectivity index (χ3v) is 7.21. The Morgan fingerprint density at radius 1 is 1.23 bits per heavy atom. The first-order valence-electron chi connectivity index (χ1n) is 10.7. The molecule has 1 aromatic carbocycles. The van der Waals surface area contributed by atoms with Crippen LogP contribution in [0.1, 0.15) is 43.7 Å². The lowest BCUT2D eigenvalue weighted by molar-refractivity contribution is -0.137. The first-order chi connectivity index (χ1) is 14.5. The standard InChI is InChI=1S/C23H32N2O4S/c1-4-16-9-11-17(12-10-16)13-20-23(27)25(18-7-5-6-8-19(18)30-20)15-21(26)24-14-22(28-2)29-3/h9-13,18-19,22H,4-8,14-15H2,1-3H3,(H,24,26)/b20-13+. The lowest BCUT2D eigenvalue weighted by Crippen LogP contribution is -2.54. The number of rotatable bonds is 8. The molecule has 7 heteroatoms. The van der Waals surface area contributed by atoms with Crippen molar-refractivity contribution < 1.29 is 19.1 Å². The molecule has 164 valence electrons. The molecule has 1 saturated carbocycles. The molecule has 1 saturated heterocycles. The van der Waals surface area contributed by atoms with Gasteiger partial charge in [0.2, 0.25) is 5.91 Å². The van der Waals surface area contributed by atoms with Gasteiger partial charge in [-0.3, -0.25) is 9.59 Å². The van der Waals surface area contributed by atoms with Crippen molar-refractivity contribution in [1.82, 2.24) is 10.2 Å². The molecule has 0 radical (unpaired) electrons. The molecule has 30 heavy (non-hydrogen) atoms. The molecule has 0 spiro atoms. The number of hydrogen-bond acceptors (Lipinski definition) is 5. The average molecular weight is 433 g/mol. The molecule has 0 aromatic heterocycles. The normalized spacial score (nSPS) is 23.0. The number of nitrogens with one attached hydrogen (secondary N) is 1. The Bertz CT molecular complexity index is 761. The van der Waals surface area contributed by atoms with Gasteiger partial charge < -0.3 is 19.7 Å². The van der Waals surface area contributed by atoms with Gasteiger partial charge >= 0.3 is 0 Å². The van der Waals surface area contributed by atoms with Crippen molar-refractivity contribution in [2.75, 3.05) is 27.3 Å². The third kappa shape index (κ3) is 5.65. The topological polar surface area (TPSA) is 67.9 Å². The van der Waals surface area contributed by atoms with Gasteiger partial charge in [0.25, 0.3) is 5.91 Å². The molecule has 2 aliphatic rings. The number of thioether (sulfide) groups is 1. The summed E-state index contributed by atoms with van der Waals surface area (Å²) in [5.41, 5.74) is 2.29. The van der Waals surface area contributed by atoms with Crippen LogP contribution in [-0.4, -0.2) is 61.6 Å². The summed E-state index contributed by atoms with van der Waals surface area (Å²) in [6, 6.07) is 8.42. The Hall–Kier alpha value is -1.83. The molecule has 1 aliphatic carbocycles. The Morgan fingerprint density at radius 2 is 1.93 bits per heavy atom. The number of carbonyl (C=O) groups is 2. The number of hydrogen-bond donors (Lipinski definition) is 1. The van der Waals surface area contributed by atoms with Crippen LogP contribution in [0.15, 0.2) is 29.2 Å². The highest BCUT2D eigenvalue weighted by Crippen LogP contribution is 2.42. The van der Waals surface area contributed by atoms with Crippen molar-refractivity contribution in [2.45, 2.75) is 56.6 Å². The number of amides is 2. The largest absolute Gasteiger partial charge is 0.354 e. The van der Waals surface area contributed by atoms with E-state index in [1.165, 1.54) is 26.2 Å². The molecular formula is C23H32N2O4S. The molecular weight excluding hydrogens is 400 g/mol. The van der Waals surface area contributed by atoms with E-state index in [9.17, 15) is 9.59 Å². The molecule has 1 N–H and O–H groups in total. The molecule has 2 unspecified atom stereocenters. The molecule has 0 bridgehead atoms. The van der Waals surface area contributed by atoms with Crippen LogP contribution in [0.5, 0.6) is 0 Å². The van der Waals surface area contributed by atoms with Crippen molar-refractivity contribution in [2.24, 2.45) is 0 Å². The monoisotopic (exact) mass is 432 g/mol. The van der Waals surface area contributed by atoms with E-state index in [-0.39, 0.29) is 30.9 Å². The van der Waals surface area contributed by atoms with Crippen LogP contribution in [0.3, 0.4) is 0 Å². The number of ether oxygens (including phenoxy) is 2. The smallest absolute Gasteiger partial charge is 0.261 e. The molecule has 1 aliphatic heterocycles. The number of fused-ring (bicyclic) bond motifs is 1.